The number of amides is 1. The van der Waals surface area contributed by atoms with Gasteiger partial charge in [0, 0.05) is 5.69 Å². The summed E-state index contributed by atoms with van der Waals surface area (Å²) in [5, 5.41) is 11.5. The summed E-state index contributed by atoms with van der Waals surface area (Å²) in [5.41, 5.74) is 1.06. The number of hydrogen-bond donors (Lipinski definition) is 2. The van der Waals surface area contributed by atoms with Gasteiger partial charge < -0.3 is 10.4 Å². The standard InChI is InChI=1S/C11H11NO3/c1-11(2)7-4-3-6(9(13)14)5-8(7)12-10(11)15/h3-5H,1-2H3,(H,12,15)(H,13,14). The van der Waals surface area contributed by atoms with Gasteiger partial charge in [-0.1, -0.05) is 6.07 Å². The Hall–Kier alpha value is -1.84. The summed E-state index contributed by atoms with van der Waals surface area (Å²) in [4.78, 5) is 22.3. The second kappa shape index (κ2) is 2.82. The first-order chi connectivity index (χ1) is 6.93. The SMILES string of the molecule is CC1(C)C(=O)Nc2cc(C(=O)O)ccc21. The second-order valence-corrected chi connectivity index (χ2v) is 4.14. The van der Waals surface area contributed by atoms with Gasteiger partial charge in [-0.3, -0.25) is 4.79 Å². The highest BCUT2D eigenvalue weighted by molar-refractivity contribution is 6.06. The zero-order chi connectivity index (χ0) is 11.2. The quantitative estimate of drug-likeness (QED) is 0.732. The Morgan fingerprint density at radius 2 is 2.07 bits per heavy atom. The number of hydrogen-bond acceptors (Lipinski definition) is 2. The molecule has 4 heteroatoms. The summed E-state index contributed by atoms with van der Waals surface area (Å²) in [7, 11) is 0. The van der Waals surface area contributed by atoms with Crippen LogP contribution < -0.4 is 5.32 Å². The van der Waals surface area contributed by atoms with Crippen LogP contribution in [0, 0.1) is 0 Å². The average Bonchev–Trinajstić information content (AvgIpc) is 2.38. The molecule has 4 nitrogen and oxygen atoms in total. The van der Waals surface area contributed by atoms with Gasteiger partial charge in [0.15, 0.2) is 0 Å². The van der Waals surface area contributed by atoms with Crippen molar-refractivity contribution in [1.29, 1.82) is 0 Å². The van der Waals surface area contributed by atoms with Gasteiger partial charge in [0.1, 0.15) is 0 Å². The summed E-state index contributed by atoms with van der Waals surface area (Å²) < 4.78 is 0. The largest absolute Gasteiger partial charge is 0.478 e. The molecule has 0 spiro atoms. The highest BCUT2D eigenvalue weighted by Crippen LogP contribution is 2.37. The number of fused-ring (bicyclic) bond motifs is 1. The molecule has 15 heavy (non-hydrogen) atoms. The maximum Gasteiger partial charge on any atom is 0.335 e. The molecule has 1 aliphatic rings. The molecule has 0 atom stereocenters. The lowest BCUT2D eigenvalue weighted by molar-refractivity contribution is -0.119. The Balaban J connectivity index is 2.56. The lowest BCUT2D eigenvalue weighted by Crippen LogP contribution is -2.26. The molecular weight excluding hydrogens is 194 g/mol. The zero-order valence-electron chi connectivity index (χ0n) is 8.50. The smallest absolute Gasteiger partial charge is 0.335 e. The van der Waals surface area contributed by atoms with Crippen LogP contribution in [0.5, 0.6) is 0 Å². The van der Waals surface area contributed by atoms with Crippen LogP contribution in [0.2, 0.25) is 0 Å². The number of benzene rings is 1. The molecule has 0 unspecified atom stereocenters. The number of rotatable bonds is 1. The third-order valence-corrected chi connectivity index (χ3v) is 2.76. The lowest BCUT2D eigenvalue weighted by atomic mass is 9.86. The monoisotopic (exact) mass is 205 g/mol. The second-order valence-electron chi connectivity index (χ2n) is 4.14. The Morgan fingerprint density at radius 3 is 2.67 bits per heavy atom. The molecule has 2 N–H and O–H groups in total. The Labute approximate surface area is 86.9 Å². The maximum atomic E-state index is 11.6. The van der Waals surface area contributed by atoms with E-state index < -0.39 is 11.4 Å². The highest BCUT2D eigenvalue weighted by Gasteiger charge is 2.38. The minimum absolute atomic E-state index is 0.0972. The molecule has 78 valence electrons. The van der Waals surface area contributed by atoms with E-state index in [4.69, 9.17) is 5.11 Å². The number of carbonyl (C=O) groups is 2. The number of nitrogens with one attached hydrogen (secondary N) is 1. The Kier molecular flexibility index (Phi) is 1.83. The van der Waals surface area contributed by atoms with Crippen molar-refractivity contribution < 1.29 is 14.7 Å². The Bertz CT molecular complexity index is 463. The third-order valence-electron chi connectivity index (χ3n) is 2.76. The van der Waals surface area contributed by atoms with Crippen molar-refractivity contribution >= 4 is 17.6 Å². The van der Waals surface area contributed by atoms with Crippen LogP contribution in [0.1, 0.15) is 29.8 Å². The van der Waals surface area contributed by atoms with Crippen LogP contribution in [0.15, 0.2) is 18.2 Å². The predicted octanol–water partition coefficient (Wildman–Crippen LogP) is 1.61. The first kappa shape index (κ1) is 9.71. The van der Waals surface area contributed by atoms with Crippen LogP contribution in [0.4, 0.5) is 5.69 Å². The van der Waals surface area contributed by atoms with E-state index in [1.807, 2.05) is 13.8 Å². The summed E-state index contributed by atoms with van der Waals surface area (Å²) >= 11 is 0. The fourth-order valence-electron chi connectivity index (χ4n) is 1.73. The summed E-state index contributed by atoms with van der Waals surface area (Å²) in [6.45, 7) is 3.63. The minimum Gasteiger partial charge on any atom is -0.478 e. The molecule has 0 bridgehead atoms. The van der Waals surface area contributed by atoms with Gasteiger partial charge in [-0.2, -0.15) is 0 Å². The van der Waals surface area contributed by atoms with Gasteiger partial charge in [-0.05, 0) is 31.5 Å². The molecule has 1 heterocycles. The van der Waals surface area contributed by atoms with Gasteiger partial charge >= 0.3 is 5.97 Å². The van der Waals surface area contributed by atoms with Crippen LogP contribution in [0.3, 0.4) is 0 Å². The predicted molar refractivity (Wildman–Crippen MR) is 55.1 cm³/mol. The Morgan fingerprint density at radius 1 is 1.40 bits per heavy atom. The average molecular weight is 205 g/mol. The maximum absolute atomic E-state index is 11.6. The molecule has 1 aromatic rings. The molecule has 0 aromatic heterocycles. The van der Waals surface area contributed by atoms with Gasteiger partial charge in [-0.25, -0.2) is 4.79 Å². The first-order valence-corrected chi connectivity index (χ1v) is 4.62. The zero-order valence-corrected chi connectivity index (χ0v) is 8.50. The molecule has 1 amide bonds. The van der Waals surface area contributed by atoms with E-state index in [0.29, 0.717) is 5.69 Å². The summed E-state index contributed by atoms with van der Waals surface area (Å²) in [6, 6.07) is 4.70. The van der Waals surface area contributed by atoms with Crippen molar-refractivity contribution in [2.45, 2.75) is 19.3 Å². The van der Waals surface area contributed by atoms with Gasteiger partial charge in [0.05, 0.1) is 11.0 Å². The molecule has 0 aliphatic carbocycles. The van der Waals surface area contributed by atoms with Gasteiger partial charge in [0.2, 0.25) is 5.91 Å². The molecule has 1 aromatic carbocycles. The lowest BCUT2D eigenvalue weighted by Gasteiger charge is -2.14. The van der Waals surface area contributed by atoms with Crippen molar-refractivity contribution in [3.05, 3.63) is 29.3 Å². The molecule has 0 saturated carbocycles. The first-order valence-electron chi connectivity index (χ1n) is 4.62. The molecule has 2 rings (SSSR count). The third kappa shape index (κ3) is 1.29. The highest BCUT2D eigenvalue weighted by atomic mass is 16.4. The van der Waals surface area contributed by atoms with E-state index >= 15 is 0 Å². The van der Waals surface area contributed by atoms with Crippen LogP contribution in [-0.4, -0.2) is 17.0 Å². The van der Waals surface area contributed by atoms with Crippen LogP contribution in [-0.2, 0) is 10.2 Å². The topological polar surface area (TPSA) is 66.4 Å². The van der Waals surface area contributed by atoms with E-state index in [1.54, 1.807) is 6.07 Å². The van der Waals surface area contributed by atoms with Crippen molar-refractivity contribution in [3.63, 3.8) is 0 Å². The normalized spacial score (nSPS) is 17.1. The number of carboxylic acids is 1. The van der Waals surface area contributed by atoms with E-state index in [0.717, 1.165) is 5.56 Å². The number of carboxylic acid groups (broad SMARTS) is 1. The minimum atomic E-state index is -0.989. The van der Waals surface area contributed by atoms with Crippen molar-refractivity contribution in [2.24, 2.45) is 0 Å². The van der Waals surface area contributed by atoms with E-state index in [-0.39, 0.29) is 11.5 Å². The summed E-state index contributed by atoms with van der Waals surface area (Å²) in [6.07, 6.45) is 0. The van der Waals surface area contributed by atoms with E-state index in [9.17, 15) is 9.59 Å². The number of anilines is 1. The van der Waals surface area contributed by atoms with Crippen molar-refractivity contribution in [3.8, 4) is 0 Å². The van der Waals surface area contributed by atoms with Gasteiger partial charge in [0.25, 0.3) is 0 Å². The molecular formula is C11H11NO3. The summed E-state index contributed by atoms with van der Waals surface area (Å²) in [5.74, 6) is -1.09. The molecule has 0 saturated heterocycles. The van der Waals surface area contributed by atoms with Crippen molar-refractivity contribution in [1.82, 2.24) is 0 Å². The van der Waals surface area contributed by atoms with E-state index in [1.165, 1.54) is 12.1 Å². The van der Waals surface area contributed by atoms with Crippen LogP contribution >= 0.6 is 0 Å². The number of carbonyl (C=O) groups excluding carboxylic acids is 1. The number of aromatic carboxylic acids is 1. The fourth-order valence-corrected chi connectivity index (χ4v) is 1.73. The molecule has 0 fully saturated rings. The van der Waals surface area contributed by atoms with E-state index in [2.05, 4.69) is 5.32 Å². The van der Waals surface area contributed by atoms with Gasteiger partial charge in [-0.15, -0.1) is 0 Å². The van der Waals surface area contributed by atoms with Crippen LogP contribution in [0.25, 0.3) is 0 Å². The fraction of sp³-hybridized carbons (Fsp3) is 0.273. The molecule has 0 radical (unpaired) electrons. The molecule has 1 aliphatic heterocycles. The van der Waals surface area contributed by atoms with Crippen molar-refractivity contribution in [2.75, 3.05) is 5.32 Å².